The second kappa shape index (κ2) is 7.08. The van der Waals surface area contributed by atoms with Gasteiger partial charge in [-0.2, -0.15) is 0 Å². The summed E-state index contributed by atoms with van der Waals surface area (Å²) in [4.78, 5) is 10.5. The molecule has 0 bridgehead atoms. The summed E-state index contributed by atoms with van der Waals surface area (Å²) in [6.45, 7) is 0.603. The van der Waals surface area contributed by atoms with Crippen molar-refractivity contribution >= 4 is 12.0 Å². The number of carboxylic acids is 1. The number of carbonyl (C=O) groups is 1. The van der Waals surface area contributed by atoms with E-state index >= 15 is 0 Å². The molecule has 0 radical (unpaired) electrons. The van der Waals surface area contributed by atoms with Crippen molar-refractivity contribution < 1.29 is 19.0 Å². The van der Waals surface area contributed by atoms with Gasteiger partial charge in [0.05, 0.1) is 6.61 Å². The number of benzene rings is 1. The van der Waals surface area contributed by atoms with Crippen LogP contribution in [0.15, 0.2) is 24.3 Å². The lowest BCUT2D eigenvalue weighted by Gasteiger charge is -2.21. The molecule has 1 N–H and O–H groups in total. The maximum Gasteiger partial charge on any atom is 0.328 e. The zero-order chi connectivity index (χ0) is 14.4. The maximum atomic E-state index is 13.5. The van der Waals surface area contributed by atoms with E-state index in [-0.39, 0.29) is 0 Å². The third kappa shape index (κ3) is 4.68. The third-order valence-electron chi connectivity index (χ3n) is 3.52. The summed E-state index contributed by atoms with van der Waals surface area (Å²) >= 11 is 0. The van der Waals surface area contributed by atoms with E-state index < -0.39 is 11.8 Å². The number of aliphatic carboxylic acids is 1. The SMILES string of the molecule is O=C(O)/C=C/c1cc(F)cc(OCC2CCCCC2)c1. The summed E-state index contributed by atoms with van der Waals surface area (Å²) in [5, 5.41) is 8.58. The molecule has 108 valence electrons. The van der Waals surface area contributed by atoms with Crippen LogP contribution in [-0.2, 0) is 4.79 Å². The molecule has 1 saturated carbocycles. The monoisotopic (exact) mass is 278 g/mol. The van der Waals surface area contributed by atoms with Gasteiger partial charge in [-0.3, -0.25) is 0 Å². The Hall–Kier alpha value is -1.84. The first-order valence-electron chi connectivity index (χ1n) is 6.98. The van der Waals surface area contributed by atoms with Crippen LogP contribution in [0, 0.1) is 11.7 Å². The zero-order valence-electron chi connectivity index (χ0n) is 11.3. The molecule has 3 nitrogen and oxygen atoms in total. The van der Waals surface area contributed by atoms with Gasteiger partial charge in [0.25, 0.3) is 0 Å². The molecule has 0 saturated heterocycles. The first kappa shape index (κ1) is 14.6. The van der Waals surface area contributed by atoms with E-state index in [0.717, 1.165) is 6.08 Å². The van der Waals surface area contributed by atoms with E-state index in [1.807, 2.05) is 0 Å². The van der Waals surface area contributed by atoms with Gasteiger partial charge in [0.15, 0.2) is 0 Å². The standard InChI is InChI=1S/C16H19FO3/c17-14-8-13(6-7-16(18)19)9-15(10-14)20-11-12-4-2-1-3-5-12/h6-10,12H,1-5,11H2,(H,18,19)/b7-6+. The molecule has 0 aliphatic heterocycles. The molecule has 0 unspecified atom stereocenters. The molecule has 0 heterocycles. The minimum Gasteiger partial charge on any atom is -0.493 e. The smallest absolute Gasteiger partial charge is 0.328 e. The van der Waals surface area contributed by atoms with Crippen LogP contribution in [0.3, 0.4) is 0 Å². The molecule has 0 spiro atoms. The number of ether oxygens (including phenoxy) is 1. The van der Waals surface area contributed by atoms with Crippen LogP contribution in [0.25, 0.3) is 6.08 Å². The summed E-state index contributed by atoms with van der Waals surface area (Å²) in [6, 6.07) is 4.28. The van der Waals surface area contributed by atoms with Crippen molar-refractivity contribution in [3.63, 3.8) is 0 Å². The fourth-order valence-electron chi connectivity index (χ4n) is 2.50. The Morgan fingerprint density at radius 3 is 2.75 bits per heavy atom. The van der Waals surface area contributed by atoms with E-state index in [4.69, 9.17) is 9.84 Å². The summed E-state index contributed by atoms with van der Waals surface area (Å²) in [7, 11) is 0. The molecule has 20 heavy (non-hydrogen) atoms. The van der Waals surface area contributed by atoms with E-state index in [2.05, 4.69) is 0 Å². The topological polar surface area (TPSA) is 46.5 Å². The lowest BCUT2D eigenvalue weighted by atomic mass is 9.90. The Morgan fingerprint density at radius 1 is 1.30 bits per heavy atom. The maximum absolute atomic E-state index is 13.5. The van der Waals surface area contributed by atoms with Gasteiger partial charge in [0.2, 0.25) is 0 Å². The van der Waals surface area contributed by atoms with Gasteiger partial charge in [0, 0.05) is 12.1 Å². The van der Waals surface area contributed by atoms with Gasteiger partial charge in [-0.05, 0) is 42.5 Å². The summed E-state index contributed by atoms with van der Waals surface area (Å²) < 4.78 is 19.1. The second-order valence-corrected chi connectivity index (χ2v) is 5.21. The van der Waals surface area contributed by atoms with Crippen molar-refractivity contribution in [3.05, 3.63) is 35.7 Å². The van der Waals surface area contributed by atoms with Crippen molar-refractivity contribution in [2.75, 3.05) is 6.61 Å². The quantitative estimate of drug-likeness (QED) is 0.831. The van der Waals surface area contributed by atoms with E-state index in [9.17, 15) is 9.18 Å². The number of carboxylic acid groups (broad SMARTS) is 1. The molecule has 1 aromatic carbocycles. The molecule has 2 rings (SSSR count). The van der Waals surface area contributed by atoms with Crippen LogP contribution < -0.4 is 4.74 Å². The molecular formula is C16H19FO3. The third-order valence-corrected chi connectivity index (χ3v) is 3.52. The Kier molecular flexibility index (Phi) is 5.16. The molecule has 0 aromatic heterocycles. The molecule has 1 aliphatic rings. The van der Waals surface area contributed by atoms with Crippen LogP contribution in [0.5, 0.6) is 5.75 Å². The van der Waals surface area contributed by atoms with E-state index in [1.54, 1.807) is 6.07 Å². The second-order valence-electron chi connectivity index (χ2n) is 5.21. The molecule has 1 aromatic rings. The first-order valence-corrected chi connectivity index (χ1v) is 6.98. The fraction of sp³-hybridized carbons (Fsp3) is 0.438. The van der Waals surface area contributed by atoms with Crippen molar-refractivity contribution in [2.45, 2.75) is 32.1 Å². The van der Waals surface area contributed by atoms with Crippen molar-refractivity contribution in [1.29, 1.82) is 0 Å². The van der Waals surface area contributed by atoms with Gasteiger partial charge in [-0.25, -0.2) is 9.18 Å². The Labute approximate surface area is 118 Å². The van der Waals surface area contributed by atoms with Gasteiger partial charge in [-0.15, -0.1) is 0 Å². The minimum atomic E-state index is -1.06. The van der Waals surface area contributed by atoms with Crippen LogP contribution in [-0.4, -0.2) is 17.7 Å². The molecule has 0 amide bonds. The van der Waals surface area contributed by atoms with Crippen molar-refractivity contribution in [3.8, 4) is 5.75 Å². The van der Waals surface area contributed by atoms with E-state index in [1.165, 1.54) is 50.3 Å². The number of hydrogen-bond acceptors (Lipinski definition) is 2. The average Bonchev–Trinajstić information content (AvgIpc) is 2.44. The molecule has 0 atom stereocenters. The molecular weight excluding hydrogens is 259 g/mol. The summed E-state index contributed by atoms with van der Waals surface area (Å²) in [5.74, 6) is -0.472. The molecule has 4 heteroatoms. The van der Waals surface area contributed by atoms with E-state index in [0.29, 0.717) is 23.8 Å². The van der Waals surface area contributed by atoms with Crippen LogP contribution in [0.2, 0.25) is 0 Å². The predicted octanol–water partition coefficient (Wildman–Crippen LogP) is 3.88. The lowest BCUT2D eigenvalue weighted by molar-refractivity contribution is -0.131. The Bertz CT molecular complexity index is 490. The first-order chi connectivity index (χ1) is 9.63. The Morgan fingerprint density at radius 2 is 2.05 bits per heavy atom. The van der Waals surface area contributed by atoms with Gasteiger partial charge in [-0.1, -0.05) is 19.3 Å². The van der Waals surface area contributed by atoms with Crippen LogP contribution in [0.1, 0.15) is 37.7 Å². The number of rotatable bonds is 5. The van der Waals surface area contributed by atoms with Gasteiger partial charge >= 0.3 is 5.97 Å². The zero-order valence-corrected chi connectivity index (χ0v) is 11.3. The molecule has 1 fully saturated rings. The summed E-state index contributed by atoms with van der Waals surface area (Å²) in [6.07, 6.45) is 8.45. The van der Waals surface area contributed by atoms with Crippen LogP contribution >= 0.6 is 0 Å². The highest BCUT2D eigenvalue weighted by Crippen LogP contribution is 2.25. The average molecular weight is 278 g/mol. The van der Waals surface area contributed by atoms with Gasteiger partial charge < -0.3 is 9.84 Å². The number of hydrogen-bond donors (Lipinski definition) is 1. The fourth-order valence-corrected chi connectivity index (χ4v) is 2.50. The Balaban J connectivity index is 1.98. The van der Waals surface area contributed by atoms with Crippen molar-refractivity contribution in [2.24, 2.45) is 5.92 Å². The highest BCUT2D eigenvalue weighted by atomic mass is 19.1. The lowest BCUT2D eigenvalue weighted by Crippen LogP contribution is -2.15. The van der Waals surface area contributed by atoms with Crippen molar-refractivity contribution in [1.82, 2.24) is 0 Å². The highest BCUT2D eigenvalue weighted by Gasteiger charge is 2.14. The summed E-state index contributed by atoms with van der Waals surface area (Å²) in [5.41, 5.74) is 0.492. The minimum absolute atomic E-state index is 0.420. The number of halogens is 1. The predicted molar refractivity (Wildman–Crippen MR) is 75.1 cm³/mol. The normalized spacial score (nSPS) is 16.4. The largest absolute Gasteiger partial charge is 0.493 e. The highest BCUT2D eigenvalue weighted by molar-refractivity contribution is 5.85. The van der Waals surface area contributed by atoms with Crippen LogP contribution in [0.4, 0.5) is 4.39 Å². The van der Waals surface area contributed by atoms with Gasteiger partial charge in [0.1, 0.15) is 11.6 Å². The molecule has 1 aliphatic carbocycles.